The van der Waals surface area contributed by atoms with Gasteiger partial charge in [0.15, 0.2) is 5.78 Å². The molecule has 0 atom stereocenters. The van der Waals surface area contributed by atoms with Crippen LogP contribution < -0.4 is 0 Å². The molecule has 1 amide bonds. The first kappa shape index (κ1) is 17.9. The summed E-state index contributed by atoms with van der Waals surface area (Å²) in [5, 5.41) is 0. The summed E-state index contributed by atoms with van der Waals surface area (Å²) in [7, 11) is 0. The Labute approximate surface area is 144 Å². The van der Waals surface area contributed by atoms with Crippen LogP contribution in [0, 0.1) is 0 Å². The molecule has 0 saturated carbocycles. The first-order chi connectivity index (χ1) is 11.6. The smallest absolute Gasteiger partial charge is 0.223 e. The summed E-state index contributed by atoms with van der Waals surface area (Å²) in [5.74, 6) is 0.206. The van der Waals surface area contributed by atoms with E-state index >= 15 is 0 Å². The lowest BCUT2D eigenvalue weighted by Gasteiger charge is -2.27. The van der Waals surface area contributed by atoms with Gasteiger partial charge in [-0.15, -0.1) is 0 Å². The van der Waals surface area contributed by atoms with E-state index in [0.29, 0.717) is 25.8 Å². The van der Waals surface area contributed by atoms with Crippen molar-refractivity contribution in [2.75, 3.05) is 0 Å². The van der Waals surface area contributed by atoms with Gasteiger partial charge >= 0.3 is 0 Å². The Morgan fingerprint density at radius 2 is 1.46 bits per heavy atom. The molecule has 2 rings (SSSR count). The Bertz CT molecular complexity index is 650. The van der Waals surface area contributed by atoms with Crippen LogP contribution in [0.4, 0.5) is 0 Å². The highest BCUT2D eigenvalue weighted by Crippen LogP contribution is 2.13. The lowest BCUT2D eigenvalue weighted by Crippen LogP contribution is -2.36. The van der Waals surface area contributed by atoms with Gasteiger partial charge in [-0.2, -0.15) is 0 Å². The van der Waals surface area contributed by atoms with Crippen LogP contribution in [0.3, 0.4) is 0 Å². The van der Waals surface area contributed by atoms with Crippen LogP contribution in [0.1, 0.15) is 49.0 Å². The third-order valence-electron chi connectivity index (χ3n) is 4.03. The van der Waals surface area contributed by atoms with E-state index in [2.05, 4.69) is 0 Å². The zero-order chi connectivity index (χ0) is 17.4. The second-order valence-corrected chi connectivity index (χ2v) is 6.24. The van der Waals surface area contributed by atoms with E-state index in [1.54, 1.807) is 0 Å². The average Bonchev–Trinajstić information content (AvgIpc) is 2.60. The Morgan fingerprint density at radius 3 is 2.04 bits per heavy atom. The van der Waals surface area contributed by atoms with Crippen LogP contribution in [-0.4, -0.2) is 22.6 Å². The fraction of sp³-hybridized carbons (Fsp3) is 0.333. The monoisotopic (exact) mass is 323 g/mol. The first-order valence-electron chi connectivity index (χ1n) is 8.49. The number of ketones is 1. The van der Waals surface area contributed by atoms with Gasteiger partial charge in [-0.05, 0) is 25.8 Å². The number of Topliss-reactive ketones (excluding diaryl/α,β-unsaturated/α-hetero) is 1. The van der Waals surface area contributed by atoms with E-state index in [-0.39, 0.29) is 17.7 Å². The predicted molar refractivity (Wildman–Crippen MR) is 96.8 cm³/mol. The minimum atomic E-state index is 0.0996. The van der Waals surface area contributed by atoms with Gasteiger partial charge in [0.25, 0.3) is 0 Å². The van der Waals surface area contributed by atoms with E-state index in [1.165, 1.54) is 0 Å². The second kappa shape index (κ2) is 9.02. The molecular weight excluding hydrogens is 298 g/mol. The van der Waals surface area contributed by atoms with Crippen molar-refractivity contribution in [1.82, 2.24) is 4.90 Å². The van der Waals surface area contributed by atoms with E-state index in [1.807, 2.05) is 79.4 Å². The summed E-state index contributed by atoms with van der Waals surface area (Å²) in [6, 6.07) is 19.4. The molecule has 0 heterocycles. The summed E-state index contributed by atoms with van der Waals surface area (Å²) in [5.41, 5.74) is 1.84. The summed E-state index contributed by atoms with van der Waals surface area (Å²) >= 11 is 0. The van der Waals surface area contributed by atoms with Crippen molar-refractivity contribution in [1.29, 1.82) is 0 Å². The average molecular weight is 323 g/mol. The van der Waals surface area contributed by atoms with Crippen molar-refractivity contribution in [3.63, 3.8) is 0 Å². The minimum Gasteiger partial charge on any atom is -0.336 e. The number of rotatable bonds is 8. The van der Waals surface area contributed by atoms with Crippen LogP contribution in [0.25, 0.3) is 0 Å². The lowest BCUT2D eigenvalue weighted by molar-refractivity contribution is -0.133. The third-order valence-corrected chi connectivity index (χ3v) is 4.03. The van der Waals surface area contributed by atoms with Gasteiger partial charge < -0.3 is 4.90 Å². The van der Waals surface area contributed by atoms with E-state index in [0.717, 1.165) is 11.1 Å². The number of carbonyl (C=O) groups excluding carboxylic acids is 2. The van der Waals surface area contributed by atoms with Gasteiger partial charge in [-0.3, -0.25) is 9.59 Å². The van der Waals surface area contributed by atoms with Gasteiger partial charge in [-0.25, -0.2) is 0 Å². The fourth-order valence-corrected chi connectivity index (χ4v) is 2.65. The molecule has 0 bridgehead atoms. The molecule has 0 radical (unpaired) electrons. The molecule has 0 saturated heterocycles. The Hall–Kier alpha value is -2.42. The van der Waals surface area contributed by atoms with E-state index in [9.17, 15) is 9.59 Å². The molecule has 126 valence electrons. The van der Waals surface area contributed by atoms with E-state index in [4.69, 9.17) is 0 Å². The van der Waals surface area contributed by atoms with Crippen molar-refractivity contribution >= 4 is 11.7 Å². The summed E-state index contributed by atoms with van der Waals surface area (Å²) in [6.45, 7) is 4.66. The van der Waals surface area contributed by atoms with Gasteiger partial charge in [0.05, 0.1) is 0 Å². The molecule has 0 spiro atoms. The molecule has 3 nitrogen and oxygen atoms in total. The highest BCUT2D eigenvalue weighted by molar-refractivity contribution is 5.96. The maximum Gasteiger partial charge on any atom is 0.223 e. The Morgan fingerprint density at radius 1 is 0.875 bits per heavy atom. The molecular formula is C21H25NO2. The predicted octanol–water partition coefficient (Wildman–Crippen LogP) is 4.48. The van der Waals surface area contributed by atoms with Crippen molar-refractivity contribution < 1.29 is 9.59 Å². The van der Waals surface area contributed by atoms with Crippen molar-refractivity contribution in [3.8, 4) is 0 Å². The summed E-state index contributed by atoms with van der Waals surface area (Å²) < 4.78 is 0. The van der Waals surface area contributed by atoms with Crippen LogP contribution in [0.5, 0.6) is 0 Å². The number of amides is 1. The molecule has 0 aliphatic rings. The molecule has 0 aliphatic carbocycles. The number of hydrogen-bond acceptors (Lipinski definition) is 2. The van der Waals surface area contributed by atoms with Crippen molar-refractivity contribution in [3.05, 3.63) is 71.8 Å². The summed E-state index contributed by atoms with van der Waals surface area (Å²) in [6.07, 6.45) is 1.40. The van der Waals surface area contributed by atoms with Gasteiger partial charge in [0.1, 0.15) is 0 Å². The molecule has 0 aliphatic heterocycles. The number of benzene rings is 2. The maximum absolute atomic E-state index is 12.5. The first-order valence-corrected chi connectivity index (χ1v) is 8.49. The van der Waals surface area contributed by atoms with Gasteiger partial charge in [-0.1, -0.05) is 60.7 Å². The number of hydrogen-bond donors (Lipinski definition) is 0. The quantitative estimate of drug-likeness (QED) is 0.672. The standard InChI is InChI=1S/C21H25NO2/c1-17(2)22(16-18-10-5-3-6-11-18)21(24)15-9-14-20(23)19-12-7-4-8-13-19/h3-8,10-13,17H,9,14-16H2,1-2H3. The molecule has 2 aromatic rings. The lowest BCUT2D eigenvalue weighted by atomic mass is 10.0. The zero-order valence-corrected chi connectivity index (χ0v) is 14.4. The van der Waals surface area contributed by atoms with Crippen LogP contribution in [0.2, 0.25) is 0 Å². The van der Waals surface area contributed by atoms with Crippen molar-refractivity contribution in [2.24, 2.45) is 0 Å². The second-order valence-electron chi connectivity index (χ2n) is 6.24. The van der Waals surface area contributed by atoms with Crippen molar-refractivity contribution in [2.45, 2.75) is 45.7 Å². The van der Waals surface area contributed by atoms with Crippen LogP contribution in [-0.2, 0) is 11.3 Å². The number of nitrogens with zero attached hydrogens (tertiary/aromatic N) is 1. The molecule has 0 unspecified atom stereocenters. The molecule has 3 heteroatoms. The van der Waals surface area contributed by atoms with Crippen LogP contribution >= 0.6 is 0 Å². The summed E-state index contributed by atoms with van der Waals surface area (Å²) in [4.78, 5) is 26.5. The molecule has 0 aromatic heterocycles. The topological polar surface area (TPSA) is 37.4 Å². The van der Waals surface area contributed by atoms with Gasteiger partial charge in [0.2, 0.25) is 5.91 Å². The molecule has 2 aromatic carbocycles. The Kier molecular flexibility index (Phi) is 6.74. The molecule has 0 N–H and O–H groups in total. The molecule has 24 heavy (non-hydrogen) atoms. The highest BCUT2D eigenvalue weighted by atomic mass is 16.2. The highest BCUT2D eigenvalue weighted by Gasteiger charge is 2.17. The molecule has 0 fully saturated rings. The Balaban J connectivity index is 1.86. The maximum atomic E-state index is 12.5. The zero-order valence-electron chi connectivity index (χ0n) is 14.4. The fourth-order valence-electron chi connectivity index (χ4n) is 2.65. The minimum absolute atomic E-state index is 0.0996. The third kappa shape index (κ3) is 5.34. The van der Waals surface area contributed by atoms with E-state index < -0.39 is 0 Å². The largest absolute Gasteiger partial charge is 0.336 e. The normalized spacial score (nSPS) is 10.6. The van der Waals surface area contributed by atoms with Crippen LogP contribution in [0.15, 0.2) is 60.7 Å². The number of carbonyl (C=O) groups is 2. The van der Waals surface area contributed by atoms with Gasteiger partial charge in [0, 0.05) is 31.0 Å². The SMILES string of the molecule is CC(C)N(Cc1ccccc1)C(=O)CCCC(=O)c1ccccc1.